The highest BCUT2D eigenvalue weighted by Crippen LogP contribution is 2.19. The van der Waals surface area contributed by atoms with Crippen molar-refractivity contribution in [3.8, 4) is 0 Å². The van der Waals surface area contributed by atoms with E-state index in [9.17, 15) is 13.2 Å². The second kappa shape index (κ2) is 5.37. The van der Waals surface area contributed by atoms with Crippen LogP contribution in [0.3, 0.4) is 0 Å². The number of nitrogens with one attached hydrogen (secondary N) is 1. The molecule has 0 aromatic rings. The summed E-state index contributed by atoms with van der Waals surface area (Å²) in [5.41, 5.74) is 0. The Morgan fingerprint density at radius 1 is 1.25 bits per heavy atom. The van der Waals surface area contributed by atoms with Gasteiger partial charge in [-0.15, -0.1) is 0 Å². The van der Waals surface area contributed by atoms with Crippen molar-refractivity contribution >= 4 is 0 Å². The summed E-state index contributed by atoms with van der Waals surface area (Å²) in [5, 5.41) is 2.87. The monoisotopic (exact) mass is 184 g/mol. The first kappa shape index (κ1) is 11.7. The Labute approximate surface area is 70.7 Å². The number of halogens is 3. The maximum Gasteiger partial charge on any atom is 0.390 e. The summed E-state index contributed by atoms with van der Waals surface area (Å²) in [4.78, 5) is 1.66. The zero-order chi connectivity index (χ0) is 9.61. The van der Waals surface area contributed by atoms with Gasteiger partial charge in [0.15, 0.2) is 0 Å². The van der Waals surface area contributed by atoms with Gasteiger partial charge in [0, 0.05) is 19.6 Å². The van der Waals surface area contributed by atoms with Crippen LogP contribution in [-0.2, 0) is 0 Å². The molecule has 0 aromatic carbocycles. The van der Waals surface area contributed by atoms with E-state index >= 15 is 0 Å². The maximum absolute atomic E-state index is 11.7. The molecule has 0 saturated heterocycles. The van der Waals surface area contributed by atoms with Gasteiger partial charge in [-0.2, -0.15) is 13.2 Å². The smallest absolute Gasteiger partial charge is 0.318 e. The predicted molar refractivity (Wildman–Crippen MR) is 42.1 cm³/mol. The molecule has 0 aliphatic rings. The van der Waals surface area contributed by atoms with Crippen molar-refractivity contribution in [2.45, 2.75) is 12.6 Å². The van der Waals surface area contributed by atoms with E-state index in [1.807, 2.05) is 0 Å². The predicted octanol–water partition coefficient (Wildman–Crippen LogP) is 1.09. The molecule has 12 heavy (non-hydrogen) atoms. The average molecular weight is 184 g/mol. The van der Waals surface area contributed by atoms with Gasteiger partial charge < -0.3 is 10.2 Å². The molecule has 0 saturated carbocycles. The van der Waals surface area contributed by atoms with Crippen LogP contribution < -0.4 is 5.32 Å². The van der Waals surface area contributed by atoms with Gasteiger partial charge in [0.25, 0.3) is 0 Å². The first-order chi connectivity index (χ1) is 5.45. The van der Waals surface area contributed by atoms with Gasteiger partial charge in [0.05, 0.1) is 6.42 Å². The molecular formula is C7H15F3N2. The fraction of sp³-hybridized carbons (Fsp3) is 1.00. The Bertz CT molecular complexity index is 114. The van der Waals surface area contributed by atoms with Crippen molar-refractivity contribution in [3.63, 3.8) is 0 Å². The molecule has 2 nitrogen and oxygen atoms in total. The van der Waals surface area contributed by atoms with E-state index in [2.05, 4.69) is 5.32 Å². The summed E-state index contributed by atoms with van der Waals surface area (Å²) < 4.78 is 35.1. The highest BCUT2D eigenvalue weighted by atomic mass is 19.4. The van der Waals surface area contributed by atoms with E-state index in [0.29, 0.717) is 13.1 Å². The minimum atomic E-state index is -4.03. The molecule has 0 aliphatic heterocycles. The van der Waals surface area contributed by atoms with Crippen molar-refractivity contribution < 1.29 is 13.2 Å². The molecule has 0 heterocycles. The maximum atomic E-state index is 11.7. The van der Waals surface area contributed by atoms with Crippen molar-refractivity contribution in [2.24, 2.45) is 0 Å². The Morgan fingerprint density at radius 3 is 2.25 bits per heavy atom. The molecule has 0 amide bonds. The highest BCUT2D eigenvalue weighted by Gasteiger charge is 2.26. The van der Waals surface area contributed by atoms with Crippen LogP contribution in [0.25, 0.3) is 0 Å². The first-order valence-electron chi connectivity index (χ1n) is 3.85. The molecular weight excluding hydrogens is 169 g/mol. The lowest BCUT2D eigenvalue weighted by Gasteiger charge is -2.16. The van der Waals surface area contributed by atoms with Crippen LogP contribution in [0.5, 0.6) is 0 Å². The number of hydrogen-bond acceptors (Lipinski definition) is 2. The van der Waals surface area contributed by atoms with Gasteiger partial charge in [-0.05, 0) is 14.1 Å². The Kier molecular flexibility index (Phi) is 5.24. The Balaban J connectivity index is 3.37. The highest BCUT2D eigenvalue weighted by molar-refractivity contribution is 4.57. The number of likely N-dealkylation sites (N-methyl/N-ethyl adjacent to an activating group) is 2. The summed E-state index contributed by atoms with van der Waals surface area (Å²) in [7, 11) is 3.46. The topological polar surface area (TPSA) is 15.3 Å². The van der Waals surface area contributed by atoms with Crippen LogP contribution in [0.1, 0.15) is 6.42 Å². The second-order valence-corrected chi connectivity index (χ2v) is 2.77. The third-order valence-electron chi connectivity index (χ3n) is 1.52. The van der Waals surface area contributed by atoms with Crippen LogP contribution in [0.15, 0.2) is 0 Å². The fourth-order valence-electron chi connectivity index (χ4n) is 0.732. The van der Waals surface area contributed by atoms with Gasteiger partial charge in [0.1, 0.15) is 0 Å². The summed E-state index contributed by atoms with van der Waals surface area (Å²) in [6.45, 7) is 1.44. The Morgan fingerprint density at radius 2 is 1.83 bits per heavy atom. The van der Waals surface area contributed by atoms with Crippen molar-refractivity contribution in [1.82, 2.24) is 10.2 Å². The molecule has 0 spiro atoms. The van der Waals surface area contributed by atoms with Crippen LogP contribution in [0.4, 0.5) is 13.2 Å². The summed E-state index contributed by atoms with van der Waals surface area (Å²) in [5.74, 6) is 0. The molecule has 0 rings (SSSR count). The molecule has 0 atom stereocenters. The number of rotatable bonds is 5. The molecule has 5 heteroatoms. The van der Waals surface area contributed by atoms with E-state index in [0.717, 1.165) is 0 Å². The van der Waals surface area contributed by atoms with E-state index in [1.54, 1.807) is 19.0 Å². The molecule has 0 fully saturated rings. The largest absolute Gasteiger partial charge is 0.390 e. The average Bonchev–Trinajstić information content (AvgIpc) is 1.95. The summed E-state index contributed by atoms with van der Waals surface area (Å²) in [6, 6.07) is 0. The lowest BCUT2D eigenvalue weighted by atomic mass is 10.4. The van der Waals surface area contributed by atoms with Crippen LogP contribution >= 0.6 is 0 Å². The van der Waals surface area contributed by atoms with Crippen LogP contribution in [0, 0.1) is 0 Å². The minimum absolute atomic E-state index is 0.0746. The summed E-state index contributed by atoms with van der Waals surface area (Å²) in [6.07, 6.45) is -4.76. The van der Waals surface area contributed by atoms with Gasteiger partial charge in [-0.1, -0.05) is 0 Å². The minimum Gasteiger partial charge on any atom is -0.318 e. The molecule has 0 bridgehead atoms. The zero-order valence-corrected chi connectivity index (χ0v) is 7.41. The normalized spacial score (nSPS) is 12.5. The molecule has 0 aromatic heterocycles. The van der Waals surface area contributed by atoms with E-state index in [-0.39, 0.29) is 6.54 Å². The lowest BCUT2D eigenvalue weighted by Crippen LogP contribution is -2.30. The molecule has 74 valence electrons. The molecule has 1 N–H and O–H groups in total. The standard InChI is InChI=1S/C7H15F3N2/c1-11-4-6-12(2)5-3-7(8,9)10/h11H,3-6H2,1-2H3. The van der Waals surface area contributed by atoms with Crippen molar-refractivity contribution in [1.29, 1.82) is 0 Å². The van der Waals surface area contributed by atoms with Crippen molar-refractivity contribution in [2.75, 3.05) is 33.7 Å². The van der Waals surface area contributed by atoms with Gasteiger partial charge in [-0.25, -0.2) is 0 Å². The summed E-state index contributed by atoms with van der Waals surface area (Å²) >= 11 is 0. The second-order valence-electron chi connectivity index (χ2n) is 2.77. The number of nitrogens with zero attached hydrogens (tertiary/aromatic N) is 1. The molecule has 0 aliphatic carbocycles. The number of alkyl halides is 3. The van der Waals surface area contributed by atoms with E-state index in [1.165, 1.54) is 0 Å². The van der Waals surface area contributed by atoms with E-state index < -0.39 is 12.6 Å². The van der Waals surface area contributed by atoms with Crippen molar-refractivity contribution in [3.05, 3.63) is 0 Å². The fourth-order valence-corrected chi connectivity index (χ4v) is 0.732. The lowest BCUT2D eigenvalue weighted by molar-refractivity contribution is -0.137. The Hall–Kier alpha value is -0.290. The van der Waals surface area contributed by atoms with Crippen LogP contribution in [0.2, 0.25) is 0 Å². The third kappa shape index (κ3) is 7.81. The third-order valence-corrected chi connectivity index (χ3v) is 1.52. The number of hydrogen-bond donors (Lipinski definition) is 1. The first-order valence-corrected chi connectivity index (χ1v) is 3.85. The SMILES string of the molecule is CNCCN(C)CCC(F)(F)F. The van der Waals surface area contributed by atoms with Gasteiger partial charge in [-0.3, -0.25) is 0 Å². The molecule has 0 unspecified atom stereocenters. The molecule has 0 radical (unpaired) electrons. The van der Waals surface area contributed by atoms with Gasteiger partial charge >= 0.3 is 6.18 Å². The van der Waals surface area contributed by atoms with Crippen LogP contribution in [-0.4, -0.2) is 44.8 Å². The van der Waals surface area contributed by atoms with Gasteiger partial charge in [0.2, 0.25) is 0 Å². The van der Waals surface area contributed by atoms with E-state index in [4.69, 9.17) is 0 Å². The zero-order valence-electron chi connectivity index (χ0n) is 7.41. The quantitative estimate of drug-likeness (QED) is 0.688.